The van der Waals surface area contributed by atoms with Gasteiger partial charge in [-0.3, -0.25) is 9.59 Å². The van der Waals surface area contributed by atoms with E-state index in [-0.39, 0.29) is 17.8 Å². The van der Waals surface area contributed by atoms with Crippen molar-refractivity contribution in [3.05, 3.63) is 35.4 Å². The van der Waals surface area contributed by atoms with Gasteiger partial charge in [-0.2, -0.15) is 11.8 Å². The van der Waals surface area contributed by atoms with Crippen LogP contribution in [0.5, 0.6) is 0 Å². The molecule has 0 aromatic heterocycles. The van der Waals surface area contributed by atoms with Gasteiger partial charge in [0.2, 0.25) is 5.91 Å². The van der Waals surface area contributed by atoms with Crippen LogP contribution in [0.1, 0.15) is 18.1 Å². The minimum atomic E-state index is -0.233. The molecule has 1 unspecified atom stereocenters. The number of nitrogens with zero attached hydrogens (tertiary/aromatic N) is 1. The molecule has 1 atom stereocenters. The molecule has 0 aliphatic heterocycles. The van der Waals surface area contributed by atoms with Crippen molar-refractivity contribution in [2.45, 2.75) is 20.4 Å². The van der Waals surface area contributed by atoms with Crippen molar-refractivity contribution >= 4 is 23.6 Å². The first kappa shape index (κ1) is 17.6. The zero-order valence-corrected chi connectivity index (χ0v) is 13.9. The van der Waals surface area contributed by atoms with Gasteiger partial charge in [-0.25, -0.2) is 0 Å². The Morgan fingerprint density at radius 2 is 1.90 bits per heavy atom. The van der Waals surface area contributed by atoms with Crippen molar-refractivity contribution in [3.8, 4) is 0 Å². The molecule has 1 aromatic rings. The molecule has 0 bridgehead atoms. The topological polar surface area (TPSA) is 46.6 Å². The maximum Gasteiger partial charge on any atom is 0.309 e. The second-order valence-electron chi connectivity index (χ2n) is 5.17. The first-order chi connectivity index (χ1) is 9.93. The van der Waals surface area contributed by atoms with Crippen LogP contribution in [0.2, 0.25) is 0 Å². The number of ether oxygens (including phenoxy) is 1. The third kappa shape index (κ3) is 6.21. The Morgan fingerprint density at radius 3 is 2.48 bits per heavy atom. The molecule has 116 valence electrons. The summed E-state index contributed by atoms with van der Waals surface area (Å²) in [5, 5.41) is 0. The molecule has 0 saturated heterocycles. The number of methoxy groups -OCH3 is 1. The van der Waals surface area contributed by atoms with Crippen LogP contribution in [0.4, 0.5) is 0 Å². The number of hydrogen-bond acceptors (Lipinski definition) is 4. The number of hydrogen-bond donors (Lipinski definition) is 0. The summed E-state index contributed by atoms with van der Waals surface area (Å²) in [4.78, 5) is 25.0. The highest BCUT2D eigenvalue weighted by Crippen LogP contribution is 2.12. The number of thioether (sulfide) groups is 1. The molecule has 1 aromatic carbocycles. The van der Waals surface area contributed by atoms with Crippen LogP contribution in [0.3, 0.4) is 0 Å². The first-order valence-corrected chi connectivity index (χ1v) is 8.04. The fourth-order valence-corrected chi connectivity index (χ4v) is 2.76. The summed E-state index contributed by atoms with van der Waals surface area (Å²) < 4.78 is 4.66. The van der Waals surface area contributed by atoms with E-state index in [9.17, 15) is 9.59 Å². The fourth-order valence-electron chi connectivity index (χ4n) is 1.76. The van der Waals surface area contributed by atoms with E-state index in [2.05, 4.69) is 4.74 Å². The Bertz CT molecular complexity index is 473. The summed E-state index contributed by atoms with van der Waals surface area (Å²) in [6, 6.07) is 8.15. The van der Waals surface area contributed by atoms with Crippen molar-refractivity contribution in [3.63, 3.8) is 0 Å². The summed E-state index contributed by atoms with van der Waals surface area (Å²) in [7, 11) is 3.18. The molecular weight excluding hydrogens is 286 g/mol. The molecule has 0 spiro atoms. The number of rotatable bonds is 7. The zero-order valence-electron chi connectivity index (χ0n) is 13.1. The summed E-state index contributed by atoms with van der Waals surface area (Å²) in [6.07, 6.45) is 0. The lowest BCUT2D eigenvalue weighted by Gasteiger charge is -2.17. The van der Waals surface area contributed by atoms with E-state index in [1.54, 1.807) is 18.9 Å². The van der Waals surface area contributed by atoms with Gasteiger partial charge in [-0.05, 0) is 12.5 Å². The van der Waals surface area contributed by atoms with E-state index in [0.29, 0.717) is 18.1 Å². The molecule has 0 aliphatic carbocycles. The molecule has 0 saturated carbocycles. The van der Waals surface area contributed by atoms with Crippen LogP contribution in [0.15, 0.2) is 24.3 Å². The minimum Gasteiger partial charge on any atom is -0.469 e. The maximum atomic E-state index is 12.0. The summed E-state index contributed by atoms with van der Waals surface area (Å²) in [5.74, 6) is 0.622. The van der Waals surface area contributed by atoms with Crippen molar-refractivity contribution in [2.75, 3.05) is 25.7 Å². The van der Waals surface area contributed by atoms with E-state index in [4.69, 9.17) is 0 Å². The lowest BCUT2D eigenvalue weighted by Crippen LogP contribution is -2.28. The van der Waals surface area contributed by atoms with Gasteiger partial charge in [0.05, 0.1) is 18.8 Å². The van der Waals surface area contributed by atoms with Crippen molar-refractivity contribution in [1.29, 1.82) is 0 Å². The number of carbonyl (C=O) groups is 2. The molecule has 4 nitrogen and oxygen atoms in total. The predicted molar refractivity (Wildman–Crippen MR) is 86.2 cm³/mol. The fraction of sp³-hybridized carbons (Fsp3) is 0.500. The lowest BCUT2D eigenvalue weighted by molar-refractivity contribution is -0.144. The SMILES string of the molecule is COC(=O)C(C)CSCC(=O)N(C)Cc1ccc(C)cc1. The van der Waals surface area contributed by atoms with Crippen molar-refractivity contribution in [2.24, 2.45) is 5.92 Å². The Kier molecular flexibility index (Phi) is 7.29. The van der Waals surface area contributed by atoms with Crippen LogP contribution in [0.25, 0.3) is 0 Å². The summed E-state index contributed by atoms with van der Waals surface area (Å²) in [6.45, 7) is 4.45. The Labute approximate surface area is 130 Å². The second kappa shape index (κ2) is 8.72. The van der Waals surface area contributed by atoms with Gasteiger partial charge in [0.15, 0.2) is 0 Å². The van der Waals surface area contributed by atoms with Gasteiger partial charge in [-0.15, -0.1) is 0 Å². The van der Waals surface area contributed by atoms with E-state index in [1.807, 2.05) is 31.2 Å². The number of aryl methyl sites for hydroxylation is 1. The van der Waals surface area contributed by atoms with Crippen LogP contribution in [0, 0.1) is 12.8 Å². The maximum absolute atomic E-state index is 12.0. The Hall–Kier alpha value is -1.49. The van der Waals surface area contributed by atoms with Crippen LogP contribution < -0.4 is 0 Å². The largest absolute Gasteiger partial charge is 0.469 e. The predicted octanol–water partition coefficient (Wildman–Crippen LogP) is 2.50. The van der Waals surface area contributed by atoms with E-state index in [1.165, 1.54) is 24.4 Å². The molecule has 5 heteroatoms. The lowest BCUT2D eigenvalue weighted by atomic mass is 10.1. The molecular formula is C16H23NO3S. The van der Waals surface area contributed by atoms with E-state index < -0.39 is 0 Å². The highest BCUT2D eigenvalue weighted by atomic mass is 32.2. The molecule has 0 fully saturated rings. The highest BCUT2D eigenvalue weighted by molar-refractivity contribution is 7.99. The molecule has 1 rings (SSSR count). The number of esters is 1. The monoisotopic (exact) mass is 309 g/mol. The number of amides is 1. The number of benzene rings is 1. The Morgan fingerprint density at radius 1 is 1.29 bits per heavy atom. The van der Waals surface area contributed by atoms with E-state index >= 15 is 0 Å². The molecule has 0 radical (unpaired) electrons. The zero-order chi connectivity index (χ0) is 15.8. The first-order valence-electron chi connectivity index (χ1n) is 6.89. The van der Waals surface area contributed by atoms with E-state index in [0.717, 1.165) is 5.56 Å². The van der Waals surface area contributed by atoms with Gasteiger partial charge in [0.1, 0.15) is 0 Å². The smallest absolute Gasteiger partial charge is 0.309 e. The quantitative estimate of drug-likeness (QED) is 0.726. The third-order valence-corrected chi connectivity index (χ3v) is 4.35. The standard InChI is InChI=1S/C16H23NO3S/c1-12-5-7-14(8-6-12)9-17(3)15(18)11-21-10-13(2)16(19)20-4/h5-8,13H,9-11H2,1-4H3. The normalized spacial score (nSPS) is 11.8. The van der Waals surface area contributed by atoms with Gasteiger partial charge in [-0.1, -0.05) is 36.8 Å². The Balaban J connectivity index is 2.34. The summed E-state index contributed by atoms with van der Waals surface area (Å²) >= 11 is 1.46. The van der Waals surface area contributed by atoms with Gasteiger partial charge in [0, 0.05) is 19.3 Å². The van der Waals surface area contributed by atoms with Crippen LogP contribution in [-0.4, -0.2) is 42.4 Å². The van der Waals surface area contributed by atoms with Crippen molar-refractivity contribution < 1.29 is 14.3 Å². The van der Waals surface area contributed by atoms with Crippen LogP contribution in [-0.2, 0) is 20.9 Å². The van der Waals surface area contributed by atoms with Gasteiger partial charge in [0.25, 0.3) is 0 Å². The summed E-state index contributed by atoms with van der Waals surface area (Å²) in [5.41, 5.74) is 2.32. The average Bonchev–Trinajstić information content (AvgIpc) is 2.48. The minimum absolute atomic E-state index is 0.0673. The number of carbonyl (C=O) groups excluding carboxylic acids is 2. The van der Waals surface area contributed by atoms with Gasteiger partial charge < -0.3 is 9.64 Å². The second-order valence-corrected chi connectivity index (χ2v) is 6.20. The average molecular weight is 309 g/mol. The third-order valence-electron chi connectivity index (χ3n) is 3.16. The molecule has 0 aliphatic rings. The highest BCUT2D eigenvalue weighted by Gasteiger charge is 2.15. The molecule has 0 N–H and O–H groups in total. The van der Waals surface area contributed by atoms with Crippen LogP contribution >= 0.6 is 11.8 Å². The molecule has 0 heterocycles. The molecule has 21 heavy (non-hydrogen) atoms. The van der Waals surface area contributed by atoms with Crippen molar-refractivity contribution in [1.82, 2.24) is 4.90 Å². The molecule has 1 amide bonds. The van der Waals surface area contributed by atoms with Gasteiger partial charge >= 0.3 is 5.97 Å².